The molecule has 0 unspecified atom stereocenters. The molecule has 6 heteroatoms. The van der Waals surface area contributed by atoms with E-state index in [1.807, 2.05) is 25.1 Å². The minimum absolute atomic E-state index is 0.582. The Hall–Kier alpha value is -2.24. The smallest absolute Gasteiger partial charge is 0.331 e. The van der Waals surface area contributed by atoms with Gasteiger partial charge in [0, 0.05) is 6.42 Å². The highest BCUT2D eigenvalue weighted by Crippen LogP contribution is 2.16. The number of hydrogen-bond donors (Lipinski definition) is 1. The molecule has 6 nitrogen and oxygen atoms in total. The van der Waals surface area contributed by atoms with E-state index in [1.54, 1.807) is 13.8 Å². The molecule has 20 heavy (non-hydrogen) atoms. The van der Waals surface area contributed by atoms with Crippen molar-refractivity contribution >= 4 is 5.97 Å². The van der Waals surface area contributed by atoms with E-state index in [2.05, 4.69) is 21.6 Å². The monoisotopic (exact) mass is 274 g/mol. The van der Waals surface area contributed by atoms with Crippen molar-refractivity contribution in [2.45, 2.75) is 39.2 Å². The van der Waals surface area contributed by atoms with Crippen LogP contribution >= 0.6 is 0 Å². The Morgan fingerprint density at radius 2 is 2.10 bits per heavy atom. The summed E-state index contributed by atoms with van der Waals surface area (Å²) in [5.41, 5.74) is 1.24. The third-order valence-electron chi connectivity index (χ3n) is 3.31. The molecule has 0 spiro atoms. The minimum atomic E-state index is -1.15. The normalized spacial score (nSPS) is 11.6. The van der Waals surface area contributed by atoms with Crippen molar-refractivity contribution in [2.75, 3.05) is 0 Å². The van der Waals surface area contributed by atoms with E-state index in [0.717, 1.165) is 6.42 Å². The Labute approximate surface area is 117 Å². The standard InChI is InChI=1S/C14H18N4O2/c1-10-5-4-6-11(9-10)7-8-12-15-16-17-18(12)14(2,3)13(19)20/h4-6,9H,7-8H2,1-3H3,(H,19,20). The lowest BCUT2D eigenvalue weighted by atomic mass is 10.0. The van der Waals surface area contributed by atoms with Gasteiger partial charge >= 0.3 is 5.97 Å². The fourth-order valence-electron chi connectivity index (χ4n) is 2.01. The summed E-state index contributed by atoms with van der Waals surface area (Å²) in [6.07, 6.45) is 1.38. The van der Waals surface area contributed by atoms with Gasteiger partial charge in [-0.05, 0) is 43.2 Å². The summed E-state index contributed by atoms with van der Waals surface area (Å²) in [5.74, 6) is -0.375. The quantitative estimate of drug-likeness (QED) is 0.895. The molecule has 0 aliphatic rings. The Balaban J connectivity index is 2.16. The van der Waals surface area contributed by atoms with E-state index in [9.17, 15) is 9.90 Å². The van der Waals surface area contributed by atoms with Crippen molar-refractivity contribution in [2.24, 2.45) is 0 Å². The van der Waals surface area contributed by atoms with Gasteiger partial charge in [0.15, 0.2) is 11.4 Å². The van der Waals surface area contributed by atoms with E-state index >= 15 is 0 Å². The van der Waals surface area contributed by atoms with Crippen LogP contribution in [0.15, 0.2) is 24.3 Å². The molecular weight excluding hydrogens is 256 g/mol. The number of carboxylic acids is 1. The highest BCUT2D eigenvalue weighted by molar-refractivity contribution is 5.75. The van der Waals surface area contributed by atoms with Gasteiger partial charge in [-0.25, -0.2) is 9.48 Å². The highest BCUT2D eigenvalue weighted by atomic mass is 16.4. The number of carbonyl (C=O) groups is 1. The van der Waals surface area contributed by atoms with E-state index in [4.69, 9.17) is 0 Å². The number of rotatable bonds is 5. The van der Waals surface area contributed by atoms with E-state index < -0.39 is 11.5 Å². The Morgan fingerprint density at radius 1 is 1.35 bits per heavy atom. The molecule has 0 saturated carbocycles. The van der Waals surface area contributed by atoms with Crippen molar-refractivity contribution in [3.63, 3.8) is 0 Å². The molecule has 0 radical (unpaired) electrons. The van der Waals surface area contributed by atoms with Crippen molar-refractivity contribution in [1.82, 2.24) is 20.2 Å². The van der Waals surface area contributed by atoms with Gasteiger partial charge in [-0.1, -0.05) is 29.8 Å². The molecule has 0 aliphatic carbocycles. The summed E-state index contributed by atoms with van der Waals surface area (Å²) in [7, 11) is 0. The zero-order valence-electron chi connectivity index (χ0n) is 11.9. The van der Waals surface area contributed by atoms with Gasteiger partial charge in [0.2, 0.25) is 0 Å². The second-order valence-corrected chi connectivity index (χ2v) is 5.36. The van der Waals surface area contributed by atoms with Gasteiger partial charge < -0.3 is 5.11 Å². The lowest BCUT2D eigenvalue weighted by Gasteiger charge is -2.20. The number of hydrogen-bond acceptors (Lipinski definition) is 4. The van der Waals surface area contributed by atoms with Gasteiger partial charge in [0.1, 0.15) is 0 Å². The van der Waals surface area contributed by atoms with Crippen LogP contribution in [0, 0.1) is 6.92 Å². The van der Waals surface area contributed by atoms with Crippen molar-refractivity contribution < 1.29 is 9.90 Å². The van der Waals surface area contributed by atoms with Crippen LogP contribution in [0.25, 0.3) is 0 Å². The molecule has 1 aromatic carbocycles. The van der Waals surface area contributed by atoms with Crippen molar-refractivity contribution in [3.05, 3.63) is 41.2 Å². The lowest BCUT2D eigenvalue weighted by Crippen LogP contribution is -2.38. The average molecular weight is 274 g/mol. The number of aliphatic carboxylic acids is 1. The number of benzene rings is 1. The topological polar surface area (TPSA) is 80.9 Å². The molecule has 0 saturated heterocycles. The van der Waals surface area contributed by atoms with Gasteiger partial charge in [-0.15, -0.1) is 5.10 Å². The maximum absolute atomic E-state index is 11.3. The van der Waals surface area contributed by atoms with E-state index in [-0.39, 0.29) is 0 Å². The van der Waals surface area contributed by atoms with Gasteiger partial charge in [0.05, 0.1) is 0 Å². The summed E-state index contributed by atoms with van der Waals surface area (Å²) in [6.45, 7) is 5.21. The molecule has 0 amide bonds. The van der Waals surface area contributed by atoms with Crippen LogP contribution in [0.5, 0.6) is 0 Å². The molecule has 2 rings (SSSR count). The second-order valence-electron chi connectivity index (χ2n) is 5.36. The number of aromatic nitrogens is 4. The minimum Gasteiger partial charge on any atom is -0.479 e. The first-order valence-electron chi connectivity index (χ1n) is 6.48. The van der Waals surface area contributed by atoms with Crippen LogP contribution in [0.1, 0.15) is 30.8 Å². The third-order valence-corrected chi connectivity index (χ3v) is 3.31. The van der Waals surface area contributed by atoms with Crippen LogP contribution < -0.4 is 0 Å². The molecule has 106 valence electrons. The largest absolute Gasteiger partial charge is 0.479 e. The summed E-state index contributed by atoms with van der Waals surface area (Å²) >= 11 is 0. The summed E-state index contributed by atoms with van der Waals surface area (Å²) in [5, 5.41) is 20.6. The fraction of sp³-hybridized carbons (Fsp3) is 0.429. The van der Waals surface area contributed by atoms with E-state index in [1.165, 1.54) is 15.8 Å². The number of aryl methyl sites for hydroxylation is 3. The Kier molecular flexibility index (Phi) is 3.83. The third kappa shape index (κ3) is 2.84. The number of carboxylic acid groups (broad SMARTS) is 1. The predicted molar refractivity (Wildman–Crippen MR) is 73.4 cm³/mol. The van der Waals surface area contributed by atoms with Gasteiger partial charge in [0.25, 0.3) is 0 Å². The summed E-state index contributed by atoms with van der Waals surface area (Å²) < 4.78 is 1.38. The molecule has 1 heterocycles. The van der Waals surface area contributed by atoms with Gasteiger partial charge in [-0.2, -0.15) is 0 Å². The maximum atomic E-state index is 11.3. The first kappa shape index (κ1) is 14.2. The van der Waals surface area contributed by atoms with Crippen molar-refractivity contribution in [3.8, 4) is 0 Å². The lowest BCUT2D eigenvalue weighted by molar-refractivity contribution is -0.146. The van der Waals surface area contributed by atoms with Crippen LogP contribution in [0.2, 0.25) is 0 Å². The summed E-state index contributed by atoms with van der Waals surface area (Å²) in [4.78, 5) is 11.3. The van der Waals surface area contributed by atoms with Crippen LogP contribution in [-0.4, -0.2) is 31.3 Å². The van der Waals surface area contributed by atoms with Gasteiger partial charge in [-0.3, -0.25) is 0 Å². The molecule has 0 bridgehead atoms. The summed E-state index contributed by atoms with van der Waals surface area (Å²) in [6, 6.07) is 8.20. The Morgan fingerprint density at radius 3 is 2.75 bits per heavy atom. The zero-order valence-corrected chi connectivity index (χ0v) is 11.9. The average Bonchev–Trinajstić information content (AvgIpc) is 2.85. The molecule has 0 atom stereocenters. The molecule has 1 N–H and O–H groups in total. The second kappa shape index (κ2) is 5.40. The number of tetrazole rings is 1. The molecule has 0 fully saturated rings. The molecule has 2 aromatic rings. The Bertz CT molecular complexity index is 619. The number of nitrogens with zero attached hydrogens (tertiary/aromatic N) is 4. The predicted octanol–water partition coefficient (Wildman–Crippen LogP) is 1.59. The SMILES string of the molecule is Cc1cccc(CCc2nnnn2C(C)(C)C(=O)O)c1. The molecule has 0 aliphatic heterocycles. The van der Waals surface area contributed by atoms with E-state index in [0.29, 0.717) is 12.2 Å². The van der Waals surface area contributed by atoms with Crippen LogP contribution in [-0.2, 0) is 23.2 Å². The molecular formula is C14H18N4O2. The van der Waals surface area contributed by atoms with Crippen LogP contribution in [0.4, 0.5) is 0 Å². The van der Waals surface area contributed by atoms with Crippen molar-refractivity contribution in [1.29, 1.82) is 0 Å². The first-order chi connectivity index (χ1) is 9.41. The fourth-order valence-corrected chi connectivity index (χ4v) is 2.01. The van der Waals surface area contributed by atoms with Crippen LogP contribution in [0.3, 0.4) is 0 Å². The zero-order chi connectivity index (χ0) is 14.8. The highest BCUT2D eigenvalue weighted by Gasteiger charge is 2.33. The molecule has 1 aromatic heterocycles. The maximum Gasteiger partial charge on any atom is 0.331 e. The first-order valence-corrected chi connectivity index (χ1v) is 6.48.